The van der Waals surface area contributed by atoms with Crippen molar-refractivity contribution in [1.29, 1.82) is 0 Å². The van der Waals surface area contributed by atoms with Gasteiger partial charge in [0.15, 0.2) is 0 Å². The van der Waals surface area contributed by atoms with Gasteiger partial charge in [0.25, 0.3) is 0 Å². The van der Waals surface area contributed by atoms with Crippen molar-refractivity contribution in [3.8, 4) is 0 Å². The summed E-state index contributed by atoms with van der Waals surface area (Å²) in [5.41, 5.74) is 8.63. The number of anilines is 1. The maximum absolute atomic E-state index is 9.26. The lowest BCUT2D eigenvalue weighted by molar-refractivity contribution is 0.254. The molecule has 0 saturated carbocycles. The number of nitrogen functional groups attached to an aromatic ring is 1. The van der Waals surface area contributed by atoms with Crippen LogP contribution in [0.4, 0.5) is 5.69 Å². The van der Waals surface area contributed by atoms with E-state index in [4.69, 9.17) is 10.7 Å². The van der Waals surface area contributed by atoms with E-state index in [2.05, 4.69) is 25.3 Å². The molecule has 2 rings (SSSR count). The predicted octanol–water partition coefficient (Wildman–Crippen LogP) is 3.08. The van der Waals surface area contributed by atoms with Crippen LogP contribution in [0.15, 0.2) is 18.2 Å². The second kappa shape index (κ2) is 5.61. The lowest BCUT2D eigenvalue weighted by atomic mass is 10.1. The third-order valence-corrected chi connectivity index (χ3v) is 3.56. The summed E-state index contributed by atoms with van der Waals surface area (Å²) < 4.78 is 2.27. The molecule has 104 valence electrons. The van der Waals surface area contributed by atoms with Gasteiger partial charge in [-0.25, -0.2) is 4.98 Å². The number of fused-ring (bicyclic) bond motifs is 1. The molecule has 1 heterocycles. The fourth-order valence-electron chi connectivity index (χ4n) is 2.59. The van der Waals surface area contributed by atoms with Gasteiger partial charge in [-0.3, -0.25) is 0 Å². The molecule has 0 aliphatic rings. The van der Waals surface area contributed by atoms with Crippen LogP contribution in [0, 0.1) is 0 Å². The molecular weight excluding hydrogens is 238 g/mol. The van der Waals surface area contributed by atoms with E-state index in [9.17, 15) is 5.11 Å². The lowest BCUT2D eigenvalue weighted by Crippen LogP contribution is -2.14. The van der Waals surface area contributed by atoms with Crippen LogP contribution in [0.2, 0.25) is 0 Å². The van der Waals surface area contributed by atoms with Crippen molar-refractivity contribution in [2.75, 3.05) is 12.3 Å². The summed E-state index contributed by atoms with van der Waals surface area (Å²) >= 11 is 0. The van der Waals surface area contributed by atoms with Crippen LogP contribution < -0.4 is 5.73 Å². The molecular formula is C15H23N3O. The number of aromatic nitrogens is 2. The molecule has 0 saturated heterocycles. The van der Waals surface area contributed by atoms with Crippen molar-refractivity contribution < 1.29 is 5.11 Å². The summed E-state index contributed by atoms with van der Waals surface area (Å²) in [5.74, 6) is 1.42. The van der Waals surface area contributed by atoms with Crippen molar-refractivity contribution in [2.45, 2.75) is 45.6 Å². The molecule has 4 heteroatoms. The maximum atomic E-state index is 9.26. The van der Waals surface area contributed by atoms with Gasteiger partial charge in [-0.1, -0.05) is 20.8 Å². The molecule has 0 aliphatic heterocycles. The Hall–Kier alpha value is -1.55. The number of imidazole rings is 1. The zero-order chi connectivity index (χ0) is 14.0. The zero-order valence-electron chi connectivity index (χ0n) is 11.9. The molecule has 0 bridgehead atoms. The number of hydrogen-bond acceptors (Lipinski definition) is 3. The summed E-state index contributed by atoms with van der Waals surface area (Å²) in [6.45, 7) is 6.64. The Morgan fingerprint density at radius 2 is 2.11 bits per heavy atom. The Kier molecular flexibility index (Phi) is 4.10. The first-order valence-corrected chi connectivity index (χ1v) is 6.96. The lowest BCUT2D eigenvalue weighted by Gasteiger charge is -2.21. The Morgan fingerprint density at radius 1 is 1.37 bits per heavy atom. The van der Waals surface area contributed by atoms with E-state index in [0.717, 1.165) is 35.4 Å². The van der Waals surface area contributed by atoms with Crippen molar-refractivity contribution >= 4 is 16.7 Å². The molecule has 2 aromatic rings. The summed E-state index contributed by atoms with van der Waals surface area (Å²) in [7, 11) is 0. The molecule has 1 atom stereocenters. The molecule has 4 nitrogen and oxygen atoms in total. The van der Waals surface area contributed by atoms with E-state index in [1.165, 1.54) is 0 Å². The smallest absolute Gasteiger partial charge is 0.112 e. The minimum atomic E-state index is 0.199. The Labute approximate surface area is 114 Å². The third-order valence-electron chi connectivity index (χ3n) is 3.56. The molecule has 1 aromatic heterocycles. The first-order chi connectivity index (χ1) is 9.08. The van der Waals surface area contributed by atoms with Gasteiger partial charge in [0.2, 0.25) is 0 Å². The van der Waals surface area contributed by atoms with Gasteiger partial charge in [0.1, 0.15) is 5.82 Å². The maximum Gasteiger partial charge on any atom is 0.112 e. The van der Waals surface area contributed by atoms with E-state index in [1.54, 1.807) is 0 Å². The Morgan fingerprint density at radius 3 is 2.68 bits per heavy atom. The highest BCUT2D eigenvalue weighted by Crippen LogP contribution is 2.29. The second-order valence-corrected chi connectivity index (χ2v) is 5.32. The minimum Gasteiger partial charge on any atom is -0.399 e. The van der Waals surface area contributed by atoms with E-state index >= 15 is 0 Å². The largest absolute Gasteiger partial charge is 0.399 e. The number of rotatable bonds is 5. The monoisotopic (exact) mass is 261 g/mol. The molecule has 0 aliphatic carbocycles. The molecule has 0 spiro atoms. The number of nitrogens with two attached hydrogens (primary N) is 1. The van der Waals surface area contributed by atoms with Gasteiger partial charge in [-0.05, 0) is 31.0 Å². The second-order valence-electron chi connectivity index (χ2n) is 5.32. The molecule has 0 amide bonds. The van der Waals surface area contributed by atoms with Crippen LogP contribution in [-0.2, 0) is 0 Å². The van der Waals surface area contributed by atoms with E-state index < -0.39 is 0 Å². The number of hydrogen-bond donors (Lipinski definition) is 2. The molecule has 3 N–H and O–H groups in total. The van der Waals surface area contributed by atoms with Gasteiger partial charge in [-0.15, -0.1) is 0 Å². The fraction of sp³-hybridized carbons (Fsp3) is 0.533. The number of aliphatic hydroxyl groups excluding tert-OH is 1. The van der Waals surface area contributed by atoms with Gasteiger partial charge >= 0.3 is 0 Å². The van der Waals surface area contributed by atoms with Gasteiger partial charge < -0.3 is 15.4 Å². The number of nitrogens with zero attached hydrogens (tertiary/aromatic N) is 2. The van der Waals surface area contributed by atoms with E-state index in [-0.39, 0.29) is 12.6 Å². The highest BCUT2D eigenvalue weighted by atomic mass is 16.3. The first kappa shape index (κ1) is 13.9. The first-order valence-electron chi connectivity index (χ1n) is 6.96. The quantitative estimate of drug-likeness (QED) is 0.813. The average molecular weight is 261 g/mol. The van der Waals surface area contributed by atoms with Crippen molar-refractivity contribution in [1.82, 2.24) is 9.55 Å². The minimum absolute atomic E-state index is 0.199. The van der Waals surface area contributed by atoms with E-state index in [0.29, 0.717) is 5.92 Å². The standard InChI is InChI=1S/C15H23N3O/c1-4-12(7-8-19)18-14-6-5-11(16)9-13(14)17-15(18)10(2)3/h5-6,9-10,12,19H,4,7-8,16H2,1-3H3. The Balaban J connectivity index is 2.63. The number of aliphatic hydroxyl groups is 1. The number of benzene rings is 1. The Bertz CT molecular complexity index is 560. The van der Waals surface area contributed by atoms with Gasteiger partial charge in [0.05, 0.1) is 11.0 Å². The molecule has 0 radical (unpaired) electrons. The summed E-state index contributed by atoms with van der Waals surface area (Å²) in [6, 6.07) is 6.15. The van der Waals surface area contributed by atoms with E-state index in [1.807, 2.05) is 18.2 Å². The molecule has 1 aromatic carbocycles. The highest BCUT2D eigenvalue weighted by molar-refractivity contribution is 5.80. The van der Waals surface area contributed by atoms with Crippen molar-refractivity contribution in [3.05, 3.63) is 24.0 Å². The summed E-state index contributed by atoms with van der Waals surface area (Å²) in [5, 5.41) is 9.26. The highest BCUT2D eigenvalue weighted by Gasteiger charge is 2.19. The molecule has 0 fully saturated rings. The van der Waals surface area contributed by atoms with Crippen LogP contribution in [0.1, 0.15) is 51.4 Å². The van der Waals surface area contributed by atoms with Crippen LogP contribution in [0.5, 0.6) is 0 Å². The summed E-state index contributed by atoms with van der Waals surface area (Å²) in [4.78, 5) is 4.73. The molecule has 1 unspecified atom stereocenters. The average Bonchev–Trinajstić information content (AvgIpc) is 2.74. The third kappa shape index (κ3) is 2.59. The normalized spacial score (nSPS) is 13.3. The summed E-state index contributed by atoms with van der Waals surface area (Å²) in [6.07, 6.45) is 1.74. The van der Waals surface area contributed by atoms with Crippen LogP contribution in [0.25, 0.3) is 11.0 Å². The van der Waals surface area contributed by atoms with Gasteiger partial charge in [-0.2, -0.15) is 0 Å². The van der Waals surface area contributed by atoms with Gasteiger partial charge in [0, 0.05) is 24.3 Å². The topological polar surface area (TPSA) is 64.1 Å². The molecule has 19 heavy (non-hydrogen) atoms. The van der Waals surface area contributed by atoms with Crippen LogP contribution in [0.3, 0.4) is 0 Å². The van der Waals surface area contributed by atoms with Crippen LogP contribution in [-0.4, -0.2) is 21.3 Å². The fourth-order valence-corrected chi connectivity index (χ4v) is 2.59. The predicted molar refractivity (Wildman–Crippen MR) is 79.3 cm³/mol. The van der Waals surface area contributed by atoms with Crippen molar-refractivity contribution in [2.24, 2.45) is 0 Å². The zero-order valence-corrected chi connectivity index (χ0v) is 11.9. The van der Waals surface area contributed by atoms with Crippen molar-refractivity contribution in [3.63, 3.8) is 0 Å². The van der Waals surface area contributed by atoms with Crippen LogP contribution >= 0.6 is 0 Å². The SMILES string of the molecule is CCC(CCO)n1c(C(C)C)nc2cc(N)ccc21.